The fourth-order valence-corrected chi connectivity index (χ4v) is 3.20. The zero-order valence-corrected chi connectivity index (χ0v) is 15.2. The molecule has 0 fully saturated rings. The molecule has 26 heavy (non-hydrogen) atoms. The van der Waals surface area contributed by atoms with Gasteiger partial charge in [-0.3, -0.25) is 4.79 Å². The van der Waals surface area contributed by atoms with E-state index in [4.69, 9.17) is 14.7 Å². The standard InChI is InChI=1S/C18H16N4O3S/c1-10-13(6-11(8-19)17(23)20-10)14-9-26-18(22-14)21-12-4-5-15(24-2)16(7-12)25-3/h4-7,9H,1-3H3,(H,20,23)(H,21,22). The minimum Gasteiger partial charge on any atom is -0.493 e. The molecule has 7 nitrogen and oxygen atoms in total. The highest BCUT2D eigenvalue weighted by molar-refractivity contribution is 7.14. The lowest BCUT2D eigenvalue weighted by atomic mass is 10.1. The number of anilines is 2. The zero-order valence-electron chi connectivity index (χ0n) is 14.4. The number of ether oxygens (including phenoxy) is 2. The normalized spacial score (nSPS) is 10.2. The van der Waals surface area contributed by atoms with E-state index in [1.807, 2.05) is 23.6 Å². The van der Waals surface area contributed by atoms with Gasteiger partial charge in [-0.05, 0) is 25.1 Å². The number of nitriles is 1. The molecule has 2 N–H and O–H groups in total. The van der Waals surface area contributed by atoms with Gasteiger partial charge >= 0.3 is 0 Å². The first-order chi connectivity index (χ1) is 12.5. The first-order valence-corrected chi connectivity index (χ1v) is 8.52. The van der Waals surface area contributed by atoms with Crippen LogP contribution in [0.25, 0.3) is 11.3 Å². The lowest BCUT2D eigenvalue weighted by Crippen LogP contribution is -2.12. The van der Waals surface area contributed by atoms with Gasteiger partial charge in [0.05, 0.1) is 19.9 Å². The summed E-state index contributed by atoms with van der Waals surface area (Å²) < 4.78 is 10.5. The first kappa shape index (κ1) is 17.5. The van der Waals surface area contributed by atoms with Gasteiger partial charge < -0.3 is 19.8 Å². The Hall–Kier alpha value is -3.31. The Morgan fingerprint density at radius 1 is 1.23 bits per heavy atom. The number of H-pyrrole nitrogens is 1. The molecule has 0 saturated carbocycles. The van der Waals surface area contributed by atoms with E-state index in [9.17, 15) is 4.79 Å². The van der Waals surface area contributed by atoms with E-state index in [1.165, 1.54) is 11.3 Å². The lowest BCUT2D eigenvalue weighted by molar-refractivity contribution is 0.355. The third kappa shape index (κ3) is 3.38. The predicted octanol–water partition coefficient (Wildman–Crippen LogP) is 3.44. The van der Waals surface area contributed by atoms with Crippen LogP contribution < -0.4 is 20.3 Å². The Bertz CT molecular complexity index is 1050. The van der Waals surface area contributed by atoms with Crippen molar-refractivity contribution in [2.45, 2.75) is 6.92 Å². The quantitative estimate of drug-likeness (QED) is 0.715. The smallest absolute Gasteiger partial charge is 0.266 e. The van der Waals surface area contributed by atoms with Crippen LogP contribution in [0.15, 0.2) is 34.4 Å². The molecular weight excluding hydrogens is 352 g/mol. The van der Waals surface area contributed by atoms with Crippen LogP contribution in [0, 0.1) is 18.3 Å². The van der Waals surface area contributed by atoms with Gasteiger partial charge in [0.25, 0.3) is 5.56 Å². The second-order valence-corrected chi connectivity index (χ2v) is 6.25. The molecule has 0 atom stereocenters. The second-order valence-electron chi connectivity index (χ2n) is 5.40. The van der Waals surface area contributed by atoms with E-state index >= 15 is 0 Å². The molecule has 0 saturated heterocycles. The molecular formula is C18H16N4O3S. The summed E-state index contributed by atoms with van der Waals surface area (Å²) in [5.41, 5.74) is 2.54. The van der Waals surface area contributed by atoms with E-state index < -0.39 is 5.56 Å². The summed E-state index contributed by atoms with van der Waals surface area (Å²) in [5.74, 6) is 1.26. The summed E-state index contributed by atoms with van der Waals surface area (Å²) in [6.45, 7) is 1.78. The maximum Gasteiger partial charge on any atom is 0.266 e. The third-order valence-corrected chi connectivity index (χ3v) is 4.53. The Morgan fingerprint density at radius 3 is 2.69 bits per heavy atom. The van der Waals surface area contributed by atoms with Crippen LogP contribution in [0.3, 0.4) is 0 Å². The number of hydrogen-bond acceptors (Lipinski definition) is 7. The number of thiazole rings is 1. The van der Waals surface area contributed by atoms with E-state index in [2.05, 4.69) is 15.3 Å². The molecule has 3 rings (SSSR count). The molecule has 2 aromatic heterocycles. The SMILES string of the molecule is COc1ccc(Nc2nc(-c3cc(C#N)c(=O)[nH]c3C)cs2)cc1OC. The topological polar surface area (TPSA) is 100 Å². The highest BCUT2D eigenvalue weighted by Crippen LogP contribution is 2.33. The number of nitrogens with one attached hydrogen (secondary N) is 2. The molecule has 0 aliphatic rings. The highest BCUT2D eigenvalue weighted by Gasteiger charge is 2.12. The van der Waals surface area contributed by atoms with Crippen molar-refractivity contribution in [3.63, 3.8) is 0 Å². The molecule has 2 heterocycles. The van der Waals surface area contributed by atoms with Crippen molar-refractivity contribution in [3.8, 4) is 28.8 Å². The Balaban J connectivity index is 1.90. The number of aryl methyl sites for hydroxylation is 1. The van der Waals surface area contributed by atoms with Gasteiger partial charge in [0, 0.05) is 28.4 Å². The van der Waals surface area contributed by atoms with E-state index in [0.717, 1.165) is 11.3 Å². The van der Waals surface area contributed by atoms with E-state index in [1.54, 1.807) is 33.3 Å². The number of rotatable bonds is 5. The molecule has 0 bridgehead atoms. The minimum atomic E-state index is -0.396. The third-order valence-electron chi connectivity index (χ3n) is 3.77. The van der Waals surface area contributed by atoms with Crippen molar-refractivity contribution >= 4 is 22.2 Å². The lowest BCUT2D eigenvalue weighted by Gasteiger charge is -2.09. The van der Waals surface area contributed by atoms with Crippen LogP contribution in [0.4, 0.5) is 10.8 Å². The summed E-state index contributed by atoms with van der Waals surface area (Å²) in [6, 6.07) is 8.94. The van der Waals surface area contributed by atoms with Crippen LogP contribution in [0.2, 0.25) is 0 Å². The van der Waals surface area contributed by atoms with Crippen LogP contribution in [-0.2, 0) is 0 Å². The number of pyridine rings is 1. The van der Waals surface area contributed by atoms with E-state index in [-0.39, 0.29) is 5.56 Å². The number of benzene rings is 1. The summed E-state index contributed by atoms with van der Waals surface area (Å²) in [5, 5.41) is 14.8. The summed E-state index contributed by atoms with van der Waals surface area (Å²) in [4.78, 5) is 18.9. The molecule has 0 unspecified atom stereocenters. The first-order valence-electron chi connectivity index (χ1n) is 7.64. The van der Waals surface area contributed by atoms with Gasteiger partial charge in [-0.25, -0.2) is 4.98 Å². The van der Waals surface area contributed by atoms with Crippen molar-refractivity contribution in [2.75, 3.05) is 19.5 Å². The fraction of sp³-hybridized carbons (Fsp3) is 0.167. The zero-order chi connectivity index (χ0) is 18.7. The predicted molar refractivity (Wildman–Crippen MR) is 100 cm³/mol. The molecule has 0 aliphatic carbocycles. The van der Waals surface area contributed by atoms with Crippen LogP contribution in [0.1, 0.15) is 11.3 Å². The Labute approximate surface area is 153 Å². The summed E-state index contributed by atoms with van der Waals surface area (Å²) >= 11 is 1.42. The van der Waals surface area contributed by atoms with Gasteiger partial charge in [0.15, 0.2) is 16.6 Å². The Morgan fingerprint density at radius 2 is 2.00 bits per heavy atom. The summed E-state index contributed by atoms with van der Waals surface area (Å²) in [7, 11) is 3.16. The molecule has 0 spiro atoms. The molecule has 8 heteroatoms. The van der Waals surface area contributed by atoms with Crippen molar-refractivity contribution < 1.29 is 9.47 Å². The number of hydrogen-bond donors (Lipinski definition) is 2. The minimum absolute atomic E-state index is 0.0630. The number of aromatic nitrogens is 2. The van der Waals surface area contributed by atoms with Crippen LogP contribution in [0.5, 0.6) is 11.5 Å². The highest BCUT2D eigenvalue weighted by atomic mass is 32.1. The van der Waals surface area contributed by atoms with Crippen molar-refractivity contribution in [1.82, 2.24) is 9.97 Å². The Kier molecular flexibility index (Phi) is 4.91. The fourth-order valence-electron chi connectivity index (χ4n) is 2.46. The second kappa shape index (κ2) is 7.29. The summed E-state index contributed by atoms with van der Waals surface area (Å²) in [6.07, 6.45) is 0. The number of methoxy groups -OCH3 is 2. The molecule has 3 aromatic rings. The van der Waals surface area contributed by atoms with Gasteiger partial charge in [-0.2, -0.15) is 5.26 Å². The van der Waals surface area contributed by atoms with Crippen LogP contribution >= 0.6 is 11.3 Å². The molecule has 0 aliphatic heterocycles. The van der Waals surface area contributed by atoms with Crippen molar-refractivity contribution in [2.24, 2.45) is 0 Å². The maximum absolute atomic E-state index is 11.7. The largest absolute Gasteiger partial charge is 0.493 e. The molecule has 0 amide bonds. The molecule has 0 radical (unpaired) electrons. The number of aromatic amines is 1. The van der Waals surface area contributed by atoms with Gasteiger partial charge in [-0.15, -0.1) is 11.3 Å². The van der Waals surface area contributed by atoms with Crippen molar-refractivity contribution in [3.05, 3.63) is 51.3 Å². The molecule has 1 aromatic carbocycles. The molecule has 132 valence electrons. The average Bonchev–Trinajstić information content (AvgIpc) is 3.10. The average molecular weight is 368 g/mol. The maximum atomic E-state index is 11.7. The van der Waals surface area contributed by atoms with Gasteiger partial charge in [-0.1, -0.05) is 0 Å². The van der Waals surface area contributed by atoms with Crippen LogP contribution in [-0.4, -0.2) is 24.2 Å². The van der Waals surface area contributed by atoms with Gasteiger partial charge in [0.2, 0.25) is 0 Å². The monoisotopic (exact) mass is 368 g/mol. The van der Waals surface area contributed by atoms with E-state index in [0.29, 0.717) is 28.0 Å². The van der Waals surface area contributed by atoms with Crippen molar-refractivity contribution in [1.29, 1.82) is 5.26 Å². The number of nitrogens with zero attached hydrogens (tertiary/aromatic N) is 2. The van der Waals surface area contributed by atoms with Gasteiger partial charge in [0.1, 0.15) is 11.6 Å².